The molecule has 2 aromatic carbocycles. The summed E-state index contributed by atoms with van der Waals surface area (Å²) in [5, 5.41) is 12.0. The second-order valence-electron chi connectivity index (χ2n) is 5.71. The maximum absolute atomic E-state index is 12.3. The van der Waals surface area contributed by atoms with Crippen LogP contribution in [0.1, 0.15) is 12.5 Å². The summed E-state index contributed by atoms with van der Waals surface area (Å²) in [6.07, 6.45) is 0. The van der Waals surface area contributed by atoms with E-state index in [4.69, 9.17) is 9.47 Å². The first-order chi connectivity index (χ1) is 12.0. The zero-order valence-electron chi connectivity index (χ0n) is 14.7. The van der Waals surface area contributed by atoms with Gasteiger partial charge in [-0.05, 0) is 24.6 Å². The molecule has 0 unspecified atom stereocenters. The molecule has 0 aromatic heterocycles. The number of nitrogens with zero attached hydrogens (tertiary/aromatic N) is 1. The van der Waals surface area contributed by atoms with E-state index in [2.05, 4.69) is 5.32 Å². The van der Waals surface area contributed by atoms with Gasteiger partial charge in [0.25, 0.3) is 0 Å². The summed E-state index contributed by atoms with van der Waals surface area (Å²) in [5.74, 6) is 1.15. The molecule has 0 saturated heterocycles. The standard InChI is InChI=1S/C19H24N2O4/c1-14(12-22)21(2)19(23)20-17-10-9-16(24-3)11-18(17)25-13-15-7-5-4-6-8-15/h4-11,14,22H,12-13H2,1-3H3,(H,20,23)/t14-/m1/s1. The number of aliphatic hydroxyl groups excluding tert-OH is 1. The fraction of sp³-hybridized carbons (Fsp3) is 0.316. The molecule has 2 aromatic rings. The molecule has 0 spiro atoms. The van der Waals surface area contributed by atoms with Crippen LogP contribution in [0.25, 0.3) is 0 Å². The van der Waals surface area contributed by atoms with E-state index >= 15 is 0 Å². The average molecular weight is 344 g/mol. The number of urea groups is 1. The van der Waals surface area contributed by atoms with Crippen LogP contribution in [0.5, 0.6) is 11.5 Å². The van der Waals surface area contributed by atoms with Crippen molar-refractivity contribution in [2.45, 2.75) is 19.6 Å². The quantitative estimate of drug-likeness (QED) is 0.810. The van der Waals surface area contributed by atoms with Crippen molar-refractivity contribution in [3.05, 3.63) is 54.1 Å². The Bertz CT molecular complexity index is 691. The first-order valence-electron chi connectivity index (χ1n) is 8.04. The zero-order chi connectivity index (χ0) is 18.2. The zero-order valence-corrected chi connectivity index (χ0v) is 14.7. The first-order valence-corrected chi connectivity index (χ1v) is 8.04. The molecule has 2 amide bonds. The lowest BCUT2D eigenvalue weighted by atomic mass is 10.2. The minimum absolute atomic E-state index is 0.107. The number of benzene rings is 2. The fourth-order valence-corrected chi connectivity index (χ4v) is 2.11. The van der Waals surface area contributed by atoms with E-state index in [1.807, 2.05) is 30.3 Å². The molecule has 1 atom stereocenters. The Balaban J connectivity index is 2.15. The monoisotopic (exact) mass is 344 g/mol. The van der Waals surface area contributed by atoms with Gasteiger partial charge in [0.15, 0.2) is 0 Å². The first kappa shape index (κ1) is 18.6. The number of carbonyl (C=O) groups is 1. The van der Waals surface area contributed by atoms with Crippen molar-refractivity contribution in [2.24, 2.45) is 0 Å². The third kappa shape index (κ3) is 5.12. The van der Waals surface area contributed by atoms with Gasteiger partial charge in [-0.1, -0.05) is 30.3 Å². The maximum atomic E-state index is 12.3. The molecule has 2 N–H and O–H groups in total. The number of hydrogen-bond donors (Lipinski definition) is 2. The van der Waals surface area contributed by atoms with Gasteiger partial charge >= 0.3 is 6.03 Å². The molecule has 6 nitrogen and oxygen atoms in total. The van der Waals surface area contributed by atoms with Crippen LogP contribution in [-0.2, 0) is 6.61 Å². The number of likely N-dealkylation sites (N-methyl/N-ethyl adjacent to an activating group) is 1. The predicted octanol–water partition coefficient (Wildman–Crippen LogP) is 3.12. The summed E-state index contributed by atoms with van der Waals surface area (Å²) in [6, 6.07) is 14.4. The summed E-state index contributed by atoms with van der Waals surface area (Å²) < 4.78 is 11.1. The molecular formula is C19H24N2O4. The Morgan fingerprint density at radius 1 is 1.24 bits per heavy atom. The molecule has 0 heterocycles. The maximum Gasteiger partial charge on any atom is 0.322 e. The third-order valence-electron chi connectivity index (χ3n) is 3.91. The van der Waals surface area contributed by atoms with Crippen molar-refractivity contribution < 1.29 is 19.4 Å². The van der Waals surface area contributed by atoms with Crippen LogP contribution in [0.4, 0.5) is 10.5 Å². The van der Waals surface area contributed by atoms with E-state index in [1.54, 1.807) is 39.3 Å². The highest BCUT2D eigenvalue weighted by Gasteiger charge is 2.17. The number of nitrogens with one attached hydrogen (secondary N) is 1. The topological polar surface area (TPSA) is 71.0 Å². The van der Waals surface area contributed by atoms with Crippen LogP contribution in [0.2, 0.25) is 0 Å². The van der Waals surface area contributed by atoms with Crippen LogP contribution in [0, 0.1) is 0 Å². The number of ether oxygens (including phenoxy) is 2. The van der Waals surface area contributed by atoms with Crippen LogP contribution in [0.3, 0.4) is 0 Å². The van der Waals surface area contributed by atoms with Crippen molar-refractivity contribution in [3.63, 3.8) is 0 Å². The number of rotatable bonds is 7. The van der Waals surface area contributed by atoms with E-state index in [-0.39, 0.29) is 18.7 Å². The van der Waals surface area contributed by atoms with Crippen molar-refractivity contribution in [3.8, 4) is 11.5 Å². The van der Waals surface area contributed by atoms with Crippen molar-refractivity contribution in [2.75, 3.05) is 26.1 Å². The van der Waals surface area contributed by atoms with E-state index in [9.17, 15) is 9.90 Å². The number of aliphatic hydroxyl groups is 1. The molecule has 2 rings (SSSR count). The summed E-state index contributed by atoms with van der Waals surface area (Å²) in [6.45, 7) is 2.03. The molecule has 0 radical (unpaired) electrons. The molecule has 6 heteroatoms. The Morgan fingerprint density at radius 2 is 1.96 bits per heavy atom. The number of carbonyl (C=O) groups excluding carboxylic acids is 1. The van der Waals surface area contributed by atoms with Gasteiger partial charge in [0.2, 0.25) is 0 Å². The summed E-state index contributed by atoms with van der Waals surface area (Å²) in [5.41, 5.74) is 1.56. The second-order valence-corrected chi connectivity index (χ2v) is 5.71. The van der Waals surface area contributed by atoms with Gasteiger partial charge in [-0.3, -0.25) is 0 Å². The van der Waals surface area contributed by atoms with Gasteiger partial charge < -0.3 is 24.8 Å². The highest BCUT2D eigenvalue weighted by atomic mass is 16.5. The Morgan fingerprint density at radius 3 is 2.60 bits per heavy atom. The molecule has 25 heavy (non-hydrogen) atoms. The molecule has 0 aliphatic rings. The lowest BCUT2D eigenvalue weighted by Crippen LogP contribution is -2.40. The minimum Gasteiger partial charge on any atom is -0.497 e. The predicted molar refractivity (Wildman–Crippen MR) is 97.1 cm³/mol. The Kier molecular flexibility index (Phi) is 6.65. The van der Waals surface area contributed by atoms with Gasteiger partial charge in [-0.15, -0.1) is 0 Å². The Labute approximate surface area is 148 Å². The smallest absolute Gasteiger partial charge is 0.322 e. The van der Waals surface area contributed by atoms with Gasteiger partial charge in [-0.25, -0.2) is 4.79 Å². The highest BCUT2D eigenvalue weighted by molar-refractivity contribution is 5.91. The molecule has 134 valence electrons. The molecule has 0 fully saturated rings. The molecule has 0 bridgehead atoms. The van der Waals surface area contributed by atoms with E-state index < -0.39 is 0 Å². The van der Waals surface area contributed by atoms with E-state index in [1.165, 1.54) is 4.90 Å². The van der Waals surface area contributed by atoms with Gasteiger partial charge in [-0.2, -0.15) is 0 Å². The van der Waals surface area contributed by atoms with Gasteiger partial charge in [0.05, 0.1) is 25.4 Å². The Hall–Kier alpha value is -2.73. The van der Waals surface area contributed by atoms with Crippen LogP contribution in [0.15, 0.2) is 48.5 Å². The second kappa shape index (κ2) is 8.94. The lowest BCUT2D eigenvalue weighted by molar-refractivity contribution is 0.166. The molecular weight excluding hydrogens is 320 g/mol. The van der Waals surface area contributed by atoms with Gasteiger partial charge in [0, 0.05) is 13.1 Å². The number of anilines is 1. The van der Waals surface area contributed by atoms with E-state index in [0.717, 1.165) is 5.56 Å². The summed E-state index contributed by atoms with van der Waals surface area (Å²) >= 11 is 0. The molecule has 0 aliphatic heterocycles. The summed E-state index contributed by atoms with van der Waals surface area (Å²) in [4.78, 5) is 13.7. The summed E-state index contributed by atoms with van der Waals surface area (Å²) in [7, 11) is 3.20. The number of amides is 2. The third-order valence-corrected chi connectivity index (χ3v) is 3.91. The number of methoxy groups -OCH3 is 1. The van der Waals surface area contributed by atoms with Gasteiger partial charge in [0.1, 0.15) is 18.1 Å². The SMILES string of the molecule is COc1ccc(NC(=O)N(C)[C@H](C)CO)c(OCc2ccccc2)c1. The van der Waals surface area contributed by atoms with Crippen molar-refractivity contribution >= 4 is 11.7 Å². The van der Waals surface area contributed by atoms with E-state index in [0.29, 0.717) is 23.8 Å². The molecule has 0 aliphatic carbocycles. The minimum atomic E-state index is -0.323. The lowest BCUT2D eigenvalue weighted by Gasteiger charge is -2.24. The van der Waals surface area contributed by atoms with Crippen LogP contribution < -0.4 is 14.8 Å². The highest BCUT2D eigenvalue weighted by Crippen LogP contribution is 2.30. The number of hydrogen-bond acceptors (Lipinski definition) is 4. The van der Waals surface area contributed by atoms with Crippen molar-refractivity contribution in [1.29, 1.82) is 0 Å². The van der Waals surface area contributed by atoms with Crippen LogP contribution >= 0.6 is 0 Å². The largest absolute Gasteiger partial charge is 0.497 e. The average Bonchev–Trinajstić information content (AvgIpc) is 2.66. The normalized spacial score (nSPS) is 11.5. The molecule has 0 saturated carbocycles. The fourth-order valence-electron chi connectivity index (χ4n) is 2.11. The van der Waals surface area contributed by atoms with Crippen LogP contribution in [-0.4, -0.2) is 42.8 Å². The van der Waals surface area contributed by atoms with Crippen molar-refractivity contribution in [1.82, 2.24) is 4.90 Å².